The predicted molar refractivity (Wildman–Crippen MR) is 65.9 cm³/mol. The van der Waals surface area contributed by atoms with E-state index < -0.39 is 28.9 Å². The molecule has 2 rings (SSSR count). The molecule has 0 bridgehead atoms. The first-order valence-corrected chi connectivity index (χ1v) is 6.11. The molecular formula is C12H8BrF2NO3. The standard InChI is InChI=1S/C12H8BrF2NO3/c1-2-8-10(12(17)18)19-11(16-8)9-6(14)3-5(13)4-7(9)15/h3-4H,2H2,1H3,(H,17,18). The van der Waals surface area contributed by atoms with E-state index in [0.717, 1.165) is 12.1 Å². The molecule has 0 fully saturated rings. The molecule has 4 nitrogen and oxygen atoms in total. The van der Waals surface area contributed by atoms with Crippen molar-refractivity contribution >= 4 is 21.9 Å². The Bertz CT molecular complexity index is 631. The van der Waals surface area contributed by atoms with E-state index >= 15 is 0 Å². The van der Waals surface area contributed by atoms with Crippen molar-refractivity contribution in [2.75, 3.05) is 0 Å². The van der Waals surface area contributed by atoms with Crippen LogP contribution in [0, 0.1) is 11.6 Å². The van der Waals surface area contributed by atoms with Crippen LogP contribution in [0.15, 0.2) is 21.0 Å². The quantitative estimate of drug-likeness (QED) is 0.932. The minimum Gasteiger partial charge on any atom is -0.475 e. The summed E-state index contributed by atoms with van der Waals surface area (Å²) in [5, 5.41) is 8.91. The molecule has 0 aliphatic carbocycles. The Hall–Kier alpha value is -1.76. The van der Waals surface area contributed by atoms with Crippen LogP contribution < -0.4 is 0 Å². The van der Waals surface area contributed by atoms with Crippen LogP contribution >= 0.6 is 15.9 Å². The Balaban J connectivity index is 2.63. The second-order valence-electron chi connectivity index (χ2n) is 3.70. The second-order valence-corrected chi connectivity index (χ2v) is 4.61. The molecule has 0 radical (unpaired) electrons. The maximum Gasteiger partial charge on any atom is 0.373 e. The minimum atomic E-state index is -1.33. The largest absolute Gasteiger partial charge is 0.475 e. The van der Waals surface area contributed by atoms with Crippen molar-refractivity contribution in [2.45, 2.75) is 13.3 Å². The lowest BCUT2D eigenvalue weighted by Crippen LogP contribution is -1.98. The summed E-state index contributed by atoms with van der Waals surface area (Å²) in [6, 6.07) is 2.10. The fraction of sp³-hybridized carbons (Fsp3) is 0.167. The molecule has 1 aromatic heterocycles. The highest BCUT2D eigenvalue weighted by atomic mass is 79.9. The van der Waals surface area contributed by atoms with Gasteiger partial charge in [-0.3, -0.25) is 0 Å². The first kappa shape index (κ1) is 13.7. The SMILES string of the molecule is CCc1nc(-c2c(F)cc(Br)cc2F)oc1C(=O)O. The summed E-state index contributed by atoms with van der Waals surface area (Å²) in [7, 11) is 0. The summed E-state index contributed by atoms with van der Waals surface area (Å²) in [4.78, 5) is 14.7. The maximum atomic E-state index is 13.7. The van der Waals surface area contributed by atoms with E-state index in [-0.39, 0.29) is 22.5 Å². The molecular weight excluding hydrogens is 324 g/mol. The van der Waals surface area contributed by atoms with E-state index in [1.807, 2.05) is 0 Å². The third-order valence-corrected chi connectivity index (χ3v) is 2.91. The zero-order valence-corrected chi connectivity index (χ0v) is 11.3. The molecule has 19 heavy (non-hydrogen) atoms. The van der Waals surface area contributed by atoms with Gasteiger partial charge in [0.15, 0.2) is 0 Å². The number of hydrogen-bond acceptors (Lipinski definition) is 3. The average molecular weight is 332 g/mol. The number of rotatable bonds is 3. The number of aromatic carboxylic acids is 1. The lowest BCUT2D eigenvalue weighted by Gasteiger charge is -2.01. The average Bonchev–Trinajstić information content (AvgIpc) is 2.71. The van der Waals surface area contributed by atoms with E-state index in [0.29, 0.717) is 0 Å². The van der Waals surface area contributed by atoms with Crippen LogP contribution in [0.2, 0.25) is 0 Å². The number of carboxylic acids is 1. The van der Waals surface area contributed by atoms with Crippen molar-refractivity contribution in [2.24, 2.45) is 0 Å². The molecule has 7 heteroatoms. The van der Waals surface area contributed by atoms with E-state index in [9.17, 15) is 13.6 Å². The number of oxazole rings is 1. The van der Waals surface area contributed by atoms with Crippen LogP contribution in [0.4, 0.5) is 8.78 Å². The van der Waals surface area contributed by atoms with Gasteiger partial charge in [0.1, 0.15) is 17.2 Å². The van der Waals surface area contributed by atoms with Crippen molar-refractivity contribution in [3.8, 4) is 11.5 Å². The normalized spacial score (nSPS) is 10.7. The van der Waals surface area contributed by atoms with Crippen LogP contribution in [-0.2, 0) is 6.42 Å². The summed E-state index contributed by atoms with van der Waals surface area (Å²) in [6.45, 7) is 1.67. The lowest BCUT2D eigenvalue weighted by atomic mass is 10.2. The molecule has 0 saturated carbocycles. The van der Waals surface area contributed by atoms with Gasteiger partial charge in [0, 0.05) is 4.47 Å². The van der Waals surface area contributed by atoms with Crippen molar-refractivity contribution in [1.82, 2.24) is 4.98 Å². The Morgan fingerprint density at radius 3 is 2.42 bits per heavy atom. The first-order chi connectivity index (χ1) is 8.93. The first-order valence-electron chi connectivity index (χ1n) is 5.32. The second kappa shape index (κ2) is 5.08. The molecule has 1 N–H and O–H groups in total. The van der Waals surface area contributed by atoms with Crippen LogP contribution in [-0.4, -0.2) is 16.1 Å². The van der Waals surface area contributed by atoms with E-state index in [1.54, 1.807) is 6.92 Å². The highest BCUT2D eigenvalue weighted by molar-refractivity contribution is 9.10. The van der Waals surface area contributed by atoms with Crippen LogP contribution in [0.5, 0.6) is 0 Å². The van der Waals surface area contributed by atoms with Crippen LogP contribution in [0.25, 0.3) is 11.5 Å². The van der Waals surface area contributed by atoms with Gasteiger partial charge in [-0.05, 0) is 18.6 Å². The highest BCUT2D eigenvalue weighted by Gasteiger charge is 2.23. The number of hydrogen-bond donors (Lipinski definition) is 1. The van der Waals surface area contributed by atoms with E-state index in [1.165, 1.54) is 0 Å². The molecule has 2 aromatic rings. The summed E-state index contributed by atoms with van der Waals surface area (Å²) < 4.78 is 32.6. The lowest BCUT2D eigenvalue weighted by molar-refractivity contribution is 0.0661. The zero-order chi connectivity index (χ0) is 14.2. The molecule has 0 saturated heterocycles. The Morgan fingerprint density at radius 1 is 1.42 bits per heavy atom. The number of halogens is 3. The van der Waals surface area contributed by atoms with Crippen molar-refractivity contribution < 1.29 is 23.1 Å². The zero-order valence-electron chi connectivity index (χ0n) is 9.71. The summed E-state index contributed by atoms with van der Waals surface area (Å²) >= 11 is 2.95. The molecule has 0 amide bonds. The number of aryl methyl sites for hydroxylation is 1. The van der Waals surface area contributed by atoms with Crippen LogP contribution in [0.3, 0.4) is 0 Å². The van der Waals surface area contributed by atoms with Crippen molar-refractivity contribution in [3.63, 3.8) is 0 Å². The van der Waals surface area contributed by atoms with Gasteiger partial charge in [-0.25, -0.2) is 18.6 Å². The highest BCUT2D eigenvalue weighted by Crippen LogP contribution is 2.30. The van der Waals surface area contributed by atoms with E-state index in [4.69, 9.17) is 9.52 Å². The summed E-state index contributed by atoms with van der Waals surface area (Å²) in [5.41, 5.74) is -0.338. The van der Waals surface area contributed by atoms with Gasteiger partial charge in [-0.2, -0.15) is 0 Å². The number of aromatic nitrogens is 1. The number of nitrogens with zero attached hydrogens (tertiary/aromatic N) is 1. The Kier molecular flexibility index (Phi) is 3.66. The monoisotopic (exact) mass is 331 g/mol. The fourth-order valence-electron chi connectivity index (χ4n) is 1.61. The third-order valence-electron chi connectivity index (χ3n) is 2.45. The van der Waals surface area contributed by atoms with E-state index in [2.05, 4.69) is 20.9 Å². The maximum absolute atomic E-state index is 13.7. The van der Waals surface area contributed by atoms with Gasteiger partial charge in [0.25, 0.3) is 0 Å². The molecule has 0 spiro atoms. The summed E-state index contributed by atoms with van der Waals surface area (Å²) in [5.74, 6) is -3.87. The molecule has 0 atom stereocenters. The molecule has 1 aromatic carbocycles. The van der Waals surface area contributed by atoms with Gasteiger partial charge in [0.2, 0.25) is 11.7 Å². The molecule has 0 unspecified atom stereocenters. The molecule has 1 heterocycles. The van der Waals surface area contributed by atoms with Gasteiger partial charge in [0.05, 0.1) is 5.69 Å². The summed E-state index contributed by atoms with van der Waals surface area (Å²) in [6.07, 6.45) is 0.283. The number of carboxylic acid groups (broad SMARTS) is 1. The van der Waals surface area contributed by atoms with Crippen molar-refractivity contribution in [3.05, 3.63) is 39.7 Å². The van der Waals surface area contributed by atoms with Gasteiger partial charge >= 0.3 is 5.97 Å². The predicted octanol–water partition coefficient (Wildman–Crippen LogP) is 3.64. The molecule has 0 aliphatic rings. The Morgan fingerprint density at radius 2 is 2.00 bits per heavy atom. The van der Waals surface area contributed by atoms with Gasteiger partial charge in [-0.15, -0.1) is 0 Å². The van der Waals surface area contributed by atoms with Crippen LogP contribution in [0.1, 0.15) is 23.2 Å². The van der Waals surface area contributed by atoms with Crippen molar-refractivity contribution in [1.29, 1.82) is 0 Å². The molecule has 100 valence electrons. The number of carbonyl (C=O) groups is 1. The number of benzene rings is 1. The topological polar surface area (TPSA) is 63.3 Å². The fourth-order valence-corrected chi connectivity index (χ4v) is 2.01. The third kappa shape index (κ3) is 2.51. The molecule has 0 aliphatic heterocycles. The van der Waals surface area contributed by atoms with Gasteiger partial charge < -0.3 is 9.52 Å². The minimum absolute atomic E-state index is 0.143. The van der Waals surface area contributed by atoms with Gasteiger partial charge in [-0.1, -0.05) is 22.9 Å². The Labute approximate surface area is 115 Å². The smallest absolute Gasteiger partial charge is 0.373 e.